The van der Waals surface area contributed by atoms with Gasteiger partial charge in [0.2, 0.25) is 0 Å². The van der Waals surface area contributed by atoms with Gasteiger partial charge < -0.3 is 19.7 Å². The van der Waals surface area contributed by atoms with Crippen molar-refractivity contribution in [1.82, 2.24) is 10.1 Å². The molecule has 2 aromatic rings. The summed E-state index contributed by atoms with van der Waals surface area (Å²) in [7, 11) is 1.59. The molecule has 2 N–H and O–H groups in total. The van der Waals surface area contributed by atoms with Crippen molar-refractivity contribution in [2.45, 2.75) is 18.8 Å². The first-order chi connectivity index (χ1) is 9.78. The molecule has 0 radical (unpaired) electrons. The number of benzene rings is 1. The number of methoxy groups -OCH3 is 1. The van der Waals surface area contributed by atoms with Crippen molar-refractivity contribution >= 4 is 5.69 Å². The van der Waals surface area contributed by atoms with Crippen LogP contribution in [0.2, 0.25) is 0 Å². The fourth-order valence-electron chi connectivity index (χ4n) is 2.34. The van der Waals surface area contributed by atoms with E-state index in [1.165, 1.54) is 0 Å². The predicted octanol–water partition coefficient (Wildman–Crippen LogP) is 2.22. The van der Waals surface area contributed by atoms with Crippen LogP contribution in [-0.4, -0.2) is 30.5 Å². The maximum Gasteiger partial charge on any atom is 0.261 e. The van der Waals surface area contributed by atoms with Gasteiger partial charge in [-0.1, -0.05) is 5.16 Å². The van der Waals surface area contributed by atoms with E-state index in [1.54, 1.807) is 19.2 Å². The largest absolute Gasteiger partial charge is 0.496 e. The average Bonchev–Trinajstić information content (AvgIpc) is 2.97. The summed E-state index contributed by atoms with van der Waals surface area (Å²) in [4.78, 5) is 4.46. The van der Waals surface area contributed by atoms with Crippen LogP contribution in [0.1, 0.15) is 24.6 Å². The molecule has 1 unspecified atom stereocenters. The van der Waals surface area contributed by atoms with Gasteiger partial charge in [0, 0.05) is 24.3 Å². The lowest BCUT2D eigenvalue weighted by Crippen LogP contribution is -2.16. The third-order valence-electron chi connectivity index (χ3n) is 3.42. The molecule has 1 atom stereocenters. The molecule has 1 aromatic carbocycles. The number of rotatable bonds is 3. The zero-order valence-corrected chi connectivity index (χ0v) is 11.3. The summed E-state index contributed by atoms with van der Waals surface area (Å²) in [6.45, 7) is 1.46. The molecule has 0 saturated carbocycles. The Morgan fingerprint density at radius 2 is 2.30 bits per heavy atom. The summed E-state index contributed by atoms with van der Waals surface area (Å²) in [6, 6.07) is 5.34. The molecule has 1 aliphatic heterocycles. The Bertz CT molecular complexity index is 591. The van der Waals surface area contributed by atoms with Crippen LogP contribution in [0, 0.1) is 0 Å². The van der Waals surface area contributed by atoms with Gasteiger partial charge in [0.25, 0.3) is 5.89 Å². The Kier molecular flexibility index (Phi) is 3.56. The maximum atomic E-state index is 5.74. The Morgan fingerprint density at radius 1 is 1.40 bits per heavy atom. The van der Waals surface area contributed by atoms with Crippen LogP contribution in [0.25, 0.3) is 11.5 Å². The molecule has 1 aromatic heterocycles. The van der Waals surface area contributed by atoms with Gasteiger partial charge in [-0.15, -0.1) is 0 Å². The minimum atomic E-state index is 0.209. The molecule has 1 saturated heterocycles. The molecule has 1 aliphatic rings. The van der Waals surface area contributed by atoms with Crippen molar-refractivity contribution < 1.29 is 14.0 Å². The first-order valence-corrected chi connectivity index (χ1v) is 6.63. The normalized spacial score (nSPS) is 18.9. The van der Waals surface area contributed by atoms with Gasteiger partial charge in [0.1, 0.15) is 5.75 Å². The van der Waals surface area contributed by atoms with Crippen molar-refractivity contribution in [3.63, 3.8) is 0 Å². The van der Waals surface area contributed by atoms with E-state index in [-0.39, 0.29) is 5.92 Å². The number of aromatic nitrogens is 2. The molecular weight excluding hydrogens is 258 g/mol. The second-order valence-electron chi connectivity index (χ2n) is 4.83. The lowest BCUT2D eigenvalue weighted by molar-refractivity contribution is 0.0773. The lowest BCUT2D eigenvalue weighted by atomic mass is 10.0. The summed E-state index contributed by atoms with van der Waals surface area (Å²) in [5.41, 5.74) is 7.12. The number of ether oxygens (including phenoxy) is 2. The van der Waals surface area contributed by atoms with Crippen LogP contribution in [0.5, 0.6) is 5.75 Å². The minimum absolute atomic E-state index is 0.209. The lowest BCUT2D eigenvalue weighted by Gasteiger charge is -2.18. The van der Waals surface area contributed by atoms with E-state index in [9.17, 15) is 0 Å². The summed E-state index contributed by atoms with van der Waals surface area (Å²) < 4.78 is 16.1. The predicted molar refractivity (Wildman–Crippen MR) is 73.5 cm³/mol. The van der Waals surface area contributed by atoms with Gasteiger partial charge in [-0.3, -0.25) is 0 Å². The standard InChI is InChI=1S/C14H17N3O3/c1-18-12-7-10(15)4-5-11(12)14-16-13(17-20-14)9-3-2-6-19-8-9/h4-5,7,9H,2-3,6,8,15H2,1H3. The van der Waals surface area contributed by atoms with E-state index >= 15 is 0 Å². The molecule has 106 valence electrons. The monoisotopic (exact) mass is 275 g/mol. The van der Waals surface area contributed by atoms with Gasteiger partial charge in [0.05, 0.1) is 19.3 Å². The highest BCUT2D eigenvalue weighted by molar-refractivity contribution is 5.66. The number of hydrogen-bond donors (Lipinski definition) is 1. The second kappa shape index (κ2) is 5.50. The van der Waals surface area contributed by atoms with Crippen LogP contribution in [0.3, 0.4) is 0 Å². The van der Waals surface area contributed by atoms with Crippen molar-refractivity contribution in [3.8, 4) is 17.2 Å². The van der Waals surface area contributed by atoms with Crippen molar-refractivity contribution in [1.29, 1.82) is 0 Å². The second-order valence-corrected chi connectivity index (χ2v) is 4.83. The van der Waals surface area contributed by atoms with Gasteiger partial charge in [0.15, 0.2) is 5.82 Å². The Labute approximate surface area is 116 Å². The highest BCUT2D eigenvalue weighted by Crippen LogP contribution is 2.32. The topological polar surface area (TPSA) is 83.4 Å². The minimum Gasteiger partial charge on any atom is -0.496 e. The van der Waals surface area contributed by atoms with E-state index in [4.69, 9.17) is 19.7 Å². The Morgan fingerprint density at radius 3 is 3.05 bits per heavy atom. The highest BCUT2D eigenvalue weighted by Gasteiger charge is 2.23. The van der Waals surface area contributed by atoms with Crippen molar-refractivity contribution in [3.05, 3.63) is 24.0 Å². The number of nitrogens with zero attached hydrogens (tertiary/aromatic N) is 2. The number of hydrogen-bond acceptors (Lipinski definition) is 6. The van der Waals surface area contributed by atoms with E-state index in [0.29, 0.717) is 29.8 Å². The van der Waals surface area contributed by atoms with E-state index in [1.807, 2.05) is 6.07 Å². The molecule has 6 nitrogen and oxygen atoms in total. The van der Waals surface area contributed by atoms with Crippen LogP contribution >= 0.6 is 0 Å². The van der Waals surface area contributed by atoms with Gasteiger partial charge in [-0.2, -0.15) is 4.98 Å². The third-order valence-corrected chi connectivity index (χ3v) is 3.42. The molecule has 0 spiro atoms. The number of nitrogen functional groups attached to an aromatic ring is 1. The number of anilines is 1. The number of nitrogens with two attached hydrogens (primary N) is 1. The Hall–Kier alpha value is -2.08. The zero-order chi connectivity index (χ0) is 13.9. The molecule has 1 fully saturated rings. The molecule has 0 aliphatic carbocycles. The molecule has 20 heavy (non-hydrogen) atoms. The fraction of sp³-hybridized carbons (Fsp3) is 0.429. The van der Waals surface area contributed by atoms with Gasteiger partial charge >= 0.3 is 0 Å². The molecular formula is C14H17N3O3. The molecule has 0 bridgehead atoms. The summed E-state index contributed by atoms with van der Waals surface area (Å²) >= 11 is 0. The molecule has 0 amide bonds. The Balaban J connectivity index is 1.89. The van der Waals surface area contributed by atoms with Gasteiger partial charge in [-0.25, -0.2) is 0 Å². The summed E-state index contributed by atoms with van der Waals surface area (Å²) in [6.07, 6.45) is 2.05. The SMILES string of the molecule is COc1cc(N)ccc1-c1nc(C2CCCOC2)no1. The van der Waals surface area contributed by atoms with Crippen LogP contribution in [0.15, 0.2) is 22.7 Å². The maximum absolute atomic E-state index is 5.74. The first kappa shape index (κ1) is 12.9. The quantitative estimate of drug-likeness (QED) is 0.865. The summed E-state index contributed by atoms with van der Waals surface area (Å²) in [5, 5.41) is 4.06. The summed E-state index contributed by atoms with van der Waals surface area (Å²) in [5.74, 6) is 1.97. The molecule has 3 rings (SSSR count). The third kappa shape index (κ3) is 2.46. The van der Waals surface area contributed by atoms with Crippen LogP contribution in [0.4, 0.5) is 5.69 Å². The molecule has 6 heteroatoms. The average molecular weight is 275 g/mol. The smallest absolute Gasteiger partial charge is 0.261 e. The highest BCUT2D eigenvalue weighted by atomic mass is 16.5. The first-order valence-electron chi connectivity index (χ1n) is 6.63. The van der Waals surface area contributed by atoms with Crippen LogP contribution in [-0.2, 0) is 4.74 Å². The van der Waals surface area contributed by atoms with E-state index < -0.39 is 0 Å². The van der Waals surface area contributed by atoms with Crippen molar-refractivity contribution in [2.75, 3.05) is 26.1 Å². The van der Waals surface area contributed by atoms with E-state index in [0.717, 1.165) is 25.0 Å². The van der Waals surface area contributed by atoms with Gasteiger partial charge in [-0.05, 0) is 25.0 Å². The van der Waals surface area contributed by atoms with E-state index in [2.05, 4.69) is 10.1 Å². The molecule has 2 heterocycles. The van der Waals surface area contributed by atoms with Crippen molar-refractivity contribution in [2.24, 2.45) is 0 Å². The fourth-order valence-corrected chi connectivity index (χ4v) is 2.34. The van der Waals surface area contributed by atoms with Crippen LogP contribution < -0.4 is 10.5 Å². The zero-order valence-electron chi connectivity index (χ0n) is 11.3.